The van der Waals surface area contributed by atoms with Gasteiger partial charge in [0.15, 0.2) is 0 Å². The van der Waals surface area contributed by atoms with Crippen molar-refractivity contribution >= 4 is 27.5 Å². The molecule has 0 heterocycles. The van der Waals surface area contributed by atoms with Crippen LogP contribution in [0.3, 0.4) is 0 Å². The molecule has 2 rings (SSSR count). The van der Waals surface area contributed by atoms with Gasteiger partial charge in [0.05, 0.1) is 19.1 Å². The summed E-state index contributed by atoms with van der Waals surface area (Å²) in [5.41, 5.74) is 1.14. The summed E-state index contributed by atoms with van der Waals surface area (Å²) in [6.45, 7) is 5.19. The highest BCUT2D eigenvalue weighted by molar-refractivity contribution is 7.92. The van der Waals surface area contributed by atoms with E-state index in [2.05, 4.69) is 5.32 Å². The first-order valence-electron chi connectivity index (χ1n) is 10.8. The molecule has 2 aromatic carbocycles. The number of sulfonamides is 1. The molecule has 0 saturated carbocycles. The van der Waals surface area contributed by atoms with Crippen LogP contribution in [0.2, 0.25) is 0 Å². The summed E-state index contributed by atoms with van der Waals surface area (Å²) in [4.78, 5) is 27.7. The third-order valence-electron chi connectivity index (χ3n) is 5.38. The smallest absolute Gasteiger partial charge is 0.244 e. The molecular weight excluding hydrogens is 442 g/mol. The van der Waals surface area contributed by atoms with Gasteiger partial charge in [-0.05, 0) is 50.1 Å². The highest BCUT2D eigenvalue weighted by Crippen LogP contribution is 2.20. The molecule has 2 amide bonds. The van der Waals surface area contributed by atoms with Crippen LogP contribution >= 0.6 is 0 Å². The zero-order chi connectivity index (χ0) is 24.6. The Morgan fingerprint density at radius 3 is 2.30 bits per heavy atom. The number of anilines is 1. The number of ether oxygens (including phenoxy) is 1. The molecule has 33 heavy (non-hydrogen) atoms. The lowest BCUT2D eigenvalue weighted by molar-refractivity contribution is -0.139. The van der Waals surface area contributed by atoms with E-state index in [0.29, 0.717) is 11.4 Å². The molecule has 0 aliphatic rings. The summed E-state index contributed by atoms with van der Waals surface area (Å²) < 4.78 is 31.3. The van der Waals surface area contributed by atoms with Crippen LogP contribution < -0.4 is 14.4 Å². The van der Waals surface area contributed by atoms with E-state index in [9.17, 15) is 18.0 Å². The second kappa shape index (κ2) is 11.7. The van der Waals surface area contributed by atoms with Crippen molar-refractivity contribution in [1.82, 2.24) is 10.2 Å². The van der Waals surface area contributed by atoms with Gasteiger partial charge in [-0.25, -0.2) is 8.42 Å². The van der Waals surface area contributed by atoms with Crippen molar-refractivity contribution in [3.8, 4) is 5.75 Å². The largest absolute Gasteiger partial charge is 0.497 e. The van der Waals surface area contributed by atoms with Crippen LogP contribution in [0.5, 0.6) is 5.75 Å². The molecule has 9 heteroatoms. The predicted molar refractivity (Wildman–Crippen MR) is 130 cm³/mol. The van der Waals surface area contributed by atoms with Gasteiger partial charge in [0.2, 0.25) is 21.8 Å². The summed E-state index contributed by atoms with van der Waals surface area (Å²) in [5, 5.41) is 2.90. The number of nitrogens with one attached hydrogen (secondary N) is 1. The average Bonchev–Trinajstić information content (AvgIpc) is 2.80. The van der Waals surface area contributed by atoms with Crippen LogP contribution in [-0.4, -0.2) is 57.1 Å². The van der Waals surface area contributed by atoms with Crippen molar-refractivity contribution in [2.75, 3.05) is 24.2 Å². The molecule has 0 fully saturated rings. The number of amides is 2. The molecule has 0 unspecified atom stereocenters. The second-order valence-corrected chi connectivity index (χ2v) is 9.88. The van der Waals surface area contributed by atoms with Crippen LogP contribution in [0.4, 0.5) is 5.69 Å². The summed E-state index contributed by atoms with van der Waals surface area (Å²) >= 11 is 0. The van der Waals surface area contributed by atoms with Gasteiger partial charge in [-0.15, -0.1) is 0 Å². The van der Waals surface area contributed by atoms with Crippen molar-refractivity contribution < 1.29 is 22.7 Å². The van der Waals surface area contributed by atoms with Gasteiger partial charge < -0.3 is 15.0 Å². The first-order chi connectivity index (χ1) is 15.6. The second-order valence-electron chi connectivity index (χ2n) is 7.97. The van der Waals surface area contributed by atoms with Gasteiger partial charge in [0.25, 0.3) is 0 Å². The SMILES string of the molecule is CC[C@H](C)NC(=O)[C@@H](C)N(Cc1cccc(OC)c1)C(=O)CN(c1ccccc1)S(C)(=O)=O. The number of benzene rings is 2. The van der Waals surface area contributed by atoms with E-state index in [1.54, 1.807) is 62.6 Å². The third-order valence-corrected chi connectivity index (χ3v) is 6.52. The quantitative estimate of drug-likeness (QED) is 0.539. The normalized spacial score (nSPS) is 13.0. The molecule has 0 radical (unpaired) electrons. The van der Waals surface area contributed by atoms with E-state index in [1.165, 1.54) is 4.90 Å². The van der Waals surface area contributed by atoms with E-state index in [-0.39, 0.29) is 18.5 Å². The highest BCUT2D eigenvalue weighted by Gasteiger charge is 2.30. The fraction of sp³-hybridized carbons (Fsp3) is 0.417. The van der Waals surface area contributed by atoms with Crippen molar-refractivity contribution in [1.29, 1.82) is 0 Å². The lowest BCUT2D eigenvalue weighted by Gasteiger charge is -2.32. The Morgan fingerprint density at radius 2 is 1.73 bits per heavy atom. The van der Waals surface area contributed by atoms with Crippen LogP contribution in [0, 0.1) is 0 Å². The van der Waals surface area contributed by atoms with Crippen LogP contribution in [0.15, 0.2) is 54.6 Å². The van der Waals surface area contributed by atoms with E-state index in [1.807, 2.05) is 19.9 Å². The maximum absolute atomic E-state index is 13.4. The molecule has 2 atom stereocenters. The maximum Gasteiger partial charge on any atom is 0.244 e. The lowest BCUT2D eigenvalue weighted by Crippen LogP contribution is -2.52. The minimum absolute atomic E-state index is 0.0504. The highest BCUT2D eigenvalue weighted by atomic mass is 32.2. The number of methoxy groups -OCH3 is 1. The van der Waals surface area contributed by atoms with Gasteiger partial charge in [-0.1, -0.05) is 37.3 Å². The fourth-order valence-electron chi connectivity index (χ4n) is 3.22. The molecule has 0 bridgehead atoms. The van der Waals surface area contributed by atoms with Gasteiger partial charge >= 0.3 is 0 Å². The van der Waals surface area contributed by atoms with Crippen molar-refractivity contribution in [2.45, 2.75) is 45.8 Å². The topological polar surface area (TPSA) is 96.0 Å². The molecular formula is C24H33N3O5S. The Labute approximate surface area is 196 Å². The molecule has 0 aromatic heterocycles. The first kappa shape index (κ1) is 26.2. The monoisotopic (exact) mass is 475 g/mol. The van der Waals surface area contributed by atoms with Gasteiger partial charge in [-0.2, -0.15) is 0 Å². The number of hydrogen-bond donors (Lipinski definition) is 1. The van der Waals surface area contributed by atoms with Gasteiger partial charge in [-0.3, -0.25) is 13.9 Å². The number of rotatable bonds is 11. The number of nitrogens with zero attached hydrogens (tertiary/aromatic N) is 2. The standard InChI is InChI=1S/C24H33N3O5S/c1-6-18(2)25-24(29)19(3)26(16-20-11-10-14-22(15-20)32-4)23(28)17-27(33(5,30)31)21-12-8-7-9-13-21/h7-15,18-19H,6,16-17H2,1-5H3,(H,25,29)/t18-,19+/m0/s1. The maximum atomic E-state index is 13.4. The number of hydrogen-bond acceptors (Lipinski definition) is 5. The molecule has 2 aromatic rings. The predicted octanol–water partition coefficient (Wildman–Crippen LogP) is 2.79. The molecule has 0 saturated heterocycles. The summed E-state index contributed by atoms with van der Waals surface area (Å²) in [6.07, 6.45) is 1.80. The lowest BCUT2D eigenvalue weighted by atomic mass is 10.1. The fourth-order valence-corrected chi connectivity index (χ4v) is 4.07. The number of para-hydroxylation sites is 1. The minimum atomic E-state index is -3.73. The van der Waals surface area contributed by atoms with Crippen molar-refractivity contribution in [3.63, 3.8) is 0 Å². The Morgan fingerprint density at radius 1 is 1.06 bits per heavy atom. The van der Waals surface area contributed by atoms with E-state index < -0.39 is 28.5 Å². The molecule has 1 N–H and O–H groups in total. The zero-order valence-corrected chi connectivity index (χ0v) is 20.6. The van der Waals surface area contributed by atoms with Gasteiger partial charge in [0, 0.05) is 12.6 Å². The van der Waals surface area contributed by atoms with Crippen LogP contribution in [0.25, 0.3) is 0 Å². The van der Waals surface area contributed by atoms with E-state index >= 15 is 0 Å². The molecule has 8 nitrogen and oxygen atoms in total. The molecule has 0 aliphatic carbocycles. The van der Waals surface area contributed by atoms with E-state index in [0.717, 1.165) is 22.5 Å². The summed E-state index contributed by atoms with van der Waals surface area (Å²) in [5.74, 6) is -0.163. The molecule has 0 spiro atoms. The number of carbonyl (C=O) groups is 2. The van der Waals surface area contributed by atoms with Crippen molar-refractivity contribution in [3.05, 3.63) is 60.2 Å². The Bertz CT molecular complexity index is 1040. The minimum Gasteiger partial charge on any atom is -0.497 e. The zero-order valence-electron chi connectivity index (χ0n) is 19.8. The summed E-state index contributed by atoms with van der Waals surface area (Å²) in [6, 6.07) is 14.8. The van der Waals surface area contributed by atoms with E-state index in [4.69, 9.17) is 4.74 Å². The third kappa shape index (κ3) is 7.49. The van der Waals surface area contributed by atoms with Gasteiger partial charge in [0.1, 0.15) is 18.3 Å². The first-order valence-corrected chi connectivity index (χ1v) is 12.7. The summed E-state index contributed by atoms with van der Waals surface area (Å²) in [7, 11) is -2.18. The number of carbonyl (C=O) groups excluding carboxylic acids is 2. The average molecular weight is 476 g/mol. The molecule has 180 valence electrons. The Hall–Kier alpha value is -3.07. The van der Waals surface area contributed by atoms with Crippen molar-refractivity contribution in [2.24, 2.45) is 0 Å². The molecule has 0 aliphatic heterocycles. The van der Waals surface area contributed by atoms with Crippen LogP contribution in [0.1, 0.15) is 32.8 Å². The Kier molecular flexibility index (Phi) is 9.28. The Balaban J connectivity index is 2.37. The van der Waals surface area contributed by atoms with Crippen LogP contribution in [-0.2, 0) is 26.2 Å².